The van der Waals surface area contributed by atoms with Crippen molar-refractivity contribution >= 4 is 5.97 Å². The Bertz CT molecular complexity index is 337. The van der Waals surface area contributed by atoms with Gasteiger partial charge in [0.15, 0.2) is 0 Å². The minimum absolute atomic E-state index is 0.0445. The van der Waals surface area contributed by atoms with Crippen molar-refractivity contribution in [3.05, 3.63) is 12.2 Å². The first kappa shape index (κ1) is 14.6. The van der Waals surface area contributed by atoms with Crippen LogP contribution in [-0.4, -0.2) is 24.3 Å². The van der Waals surface area contributed by atoms with Crippen molar-refractivity contribution < 1.29 is 14.3 Å². The van der Waals surface area contributed by atoms with E-state index in [1.807, 2.05) is 6.92 Å². The number of cyclic esters (lactones) is 1. The van der Waals surface area contributed by atoms with Crippen molar-refractivity contribution in [2.45, 2.75) is 77.1 Å². The summed E-state index contributed by atoms with van der Waals surface area (Å²) in [5, 5.41) is 0. The summed E-state index contributed by atoms with van der Waals surface area (Å²) in [6.45, 7) is 8.28. The number of unbranched alkanes of at least 4 members (excludes halogenated alkanes) is 1. The van der Waals surface area contributed by atoms with E-state index < -0.39 is 0 Å². The number of carbonyl (C=O) groups excluding carboxylic acids is 1. The highest BCUT2D eigenvalue weighted by molar-refractivity contribution is 5.74. The average Bonchev–Trinajstić information content (AvgIpc) is 2.88. The summed E-state index contributed by atoms with van der Waals surface area (Å²) in [6.07, 6.45) is 7.92. The van der Waals surface area contributed by atoms with Crippen LogP contribution in [0.4, 0.5) is 0 Å². The van der Waals surface area contributed by atoms with E-state index in [2.05, 4.69) is 13.5 Å². The predicted molar refractivity (Wildman–Crippen MR) is 74.8 cm³/mol. The Hall–Kier alpha value is -0.830. The molecule has 0 spiro atoms. The van der Waals surface area contributed by atoms with E-state index in [-0.39, 0.29) is 24.1 Å². The summed E-state index contributed by atoms with van der Waals surface area (Å²) in [6, 6.07) is 0. The fourth-order valence-corrected chi connectivity index (χ4v) is 3.01. The van der Waals surface area contributed by atoms with E-state index in [1.165, 1.54) is 18.4 Å². The molecule has 2 saturated heterocycles. The van der Waals surface area contributed by atoms with Gasteiger partial charge in [0.1, 0.15) is 6.10 Å². The van der Waals surface area contributed by atoms with E-state index in [0.717, 1.165) is 32.1 Å². The van der Waals surface area contributed by atoms with E-state index in [1.54, 1.807) is 0 Å². The molecule has 19 heavy (non-hydrogen) atoms. The lowest BCUT2D eigenvalue weighted by Gasteiger charge is -2.15. The van der Waals surface area contributed by atoms with E-state index in [0.29, 0.717) is 6.10 Å². The van der Waals surface area contributed by atoms with Gasteiger partial charge in [0, 0.05) is 0 Å². The summed E-state index contributed by atoms with van der Waals surface area (Å²) in [5.74, 6) is 0.0204. The Labute approximate surface area is 116 Å². The van der Waals surface area contributed by atoms with Gasteiger partial charge in [0.25, 0.3) is 0 Å². The van der Waals surface area contributed by atoms with Crippen molar-refractivity contribution in [1.29, 1.82) is 0 Å². The smallest absolute Gasteiger partial charge is 0.309 e. The Morgan fingerprint density at radius 3 is 2.68 bits per heavy atom. The molecule has 2 aliphatic rings. The molecule has 1 unspecified atom stereocenters. The SMILES string of the molecule is C=C1C[C@H](CCCC)O[C@H]1CCC1C[C@@H](C)C(=O)O1. The molecule has 0 aromatic heterocycles. The van der Waals surface area contributed by atoms with Gasteiger partial charge in [-0.15, -0.1) is 0 Å². The van der Waals surface area contributed by atoms with Crippen molar-refractivity contribution in [2.75, 3.05) is 0 Å². The number of esters is 1. The molecule has 0 amide bonds. The van der Waals surface area contributed by atoms with Gasteiger partial charge in [-0.3, -0.25) is 4.79 Å². The van der Waals surface area contributed by atoms with Crippen LogP contribution in [0.25, 0.3) is 0 Å². The van der Waals surface area contributed by atoms with Gasteiger partial charge in [0.2, 0.25) is 0 Å². The second-order valence-corrected chi connectivity index (χ2v) is 6.02. The van der Waals surface area contributed by atoms with Crippen LogP contribution in [0, 0.1) is 5.92 Å². The van der Waals surface area contributed by atoms with E-state index in [4.69, 9.17) is 9.47 Å². The lowest BCUT2D eigenvalue weighted by molar-refractivity contribution is -0.144. The van der Waals surface area contributed by atoms with Crippen LogP contribution in [0.3, 0.4) is 0 Å². The molecular formula is C16H26O3. The normalized spacial score (nSPS) is 34.8. The average molecular weight is 266 g/mol. The summed E-state index contributed by atoms with van der Waals surface area (Å²) in [5.41, 5.74) is 1.22. The van der Waals surface area contributed by atoms with E-state index in [9.17, 15) is 4.79 Å². The van der Waals surface area contributed by atoms with E-state index >= 15 is 0 Å². The van der Waals surface area contributed by atoms with Crippen molar-refractivity contribution in [3.63, 3.8) is 0 Å². The quantitative estimate of drug-likeness (QED) is 0.544. The Kier molecular flexibility index (Phi) is 5.03. The third-order valence-electron chi connectivity index (χ3n) is 4.23. The third-order valence-corrected chi connectivity index (χ3v) is 4.23. The highest BCUT2D eigenvalue weighted by Crippen LogP contribution is 2.32. The molecular weight excluding hydrogens is 240 g/mol. The van der Waals surface area contributed by atoms with Gasteiger partial charge in [0.05, 0.1) is 18.1 Å². The minimum atomic E-state index is -0.0445. The maximum absolute atomic E-state index is 11.3. The molecule has 0 aromatic rings. The van der Waals surface area contributed by atoms with Crippen LogP contribution >= 0.6 is 0 Å². The molecule has 2 rings (SSSR count). The summed E-state index contributed by atoms with van der Waals surface area (Å²) in [4.78, 5) is 11.3. The molecule has 0 N–H and O–H groups in total. The molecule has 0 saturated carbocycles. The highest BCUT2D eigenvalue weighted by atomic mass is 16.6. The number of ether oxygens (including phenoxy) is 2. The molecule has 0 aromatic carbocycles. The highest BCUT2D eigenvalue weighted by Gasteiger charge is 2.33. The first-order valence-corrected chi connectivity index (χ1v) is 7.63. The molecule has 0 radical (unpaired) electrons. The van der Waals surface area contributed by atoms with Crippen molar-refractivity contribution in [3.8, 4) is 0 Å². The molecule has 0 bridgehead atoms. The van der Waals surface area contributed by atoms with Gasteiger partial charge >= 0.3 is 5.97 Å². The zero-order chi connectivity index (χ0) is 13.8. The zero-order valence-electron chi connectivity index (χ0n) is 12.2. The summed E-state index contributed by atoms with van der Waals surface area (Å²) >= 11 is 0. The fraction of sp³-hybridized carbons (Fsp3) is 0.812. The lowest BCUT2D eigenvalue weighted by atomic mass is 9.99. The monoisotopic (exact) mass is 266 g/mol. The van der Waals surface area contributed by atoms with Crippen molar-refractivity contribution in [2.24, 2.45) is 5.92 Å². The number of hydrogen-bond acceptors (Lipinski definition) is 3. The standard InChI is InChI=1S/C16H26O3/c1-4-5-6-13-9-11(2)15(18-13)8-7-14-10-12(3)16(17)19-14/h12-15H,2,4-10H2,1,3H3/t12-,13+,14?,15+/m1/s1. The molecule has 108 valence electrons. The molecule has 3 heteroatoms. The second kappa shape index (κ2) is 6.56. The van der Waals surface area contributed by atoms with Crippen molar-refractivity contribution in [1.82, 2.24) is 0 Å². The Morgan fingerprint density at radius 1 is 1.26 bits per heavy atom. The minimum Gasteiger partial charge on any atom is -0.462 e. The molecule has 2 fully saturated rings. The molecule has 2 heterocycles. The van der Waals surface area contributed by atoms with Crippen LogP contribution in [-0.2, 0) is 14.3 Å². The fourth-order valence-electron chi connectivity index (χ4n) is 3.01. The third kappa shape index (κ3) is 3.82. The van der Waals surface area contributed by atoms with Crippen LogP contribution in [0.15, 0.2) is 12.2 Å². The largest absolute Gasteiger partial charge is 0.462 e. The Balaban J connectivity index is 1.71. The molecule has 3 nitrogen and oxygen atoms in total. The second-order valence-electron chi connectivity index (χ2n) is 6.02. The van der Waals surface area contributed by atoms with Crippen LogP contribution in [0.2, 0.25) is 0 Å². The zero-order valence-corrected chi connectivity index (χ0v) is 12.2. The van der Waals surface area contributed by atoms with Gasteiger partial charge in [-0.2, -0.15) is 0 Å². The summed E-state index contributed by atoms with van der Waals surface area (Å²) in [7, 11) is 0. The first-order chi connectivity index (χ1) is 9.10. The number of hydrogen-bond donors (Lipinski definition) is 0. The van der Waals surface area contributed by atoms with Crippen LogP contribution in [0.1, 0.15) is 58.8 Å². The Morgan fingerprint density at radius 2 is 2.05 bits per heavy atom. The van der Waals surface area contributed by atoms with Crippen LogP contribution < -0.4 is 0 Å². The lowest BCUT2D eigenvalue weighted by Crippen LogP contribution is -2.15. The molecule has 4 atom stereocenters. The predicted octanol–water partition coefficient (Wildman–Crippen LogP) is 3.62. The maximum Gasteiger partial charge on any atom is 0.309 e. The maximum atomic E-state index is 11.3. The van der Waals surface area contributed by atoms with Gasteiger partial charge < -0.3 is 9.47 Å². The molecule has 2 aliphatic heterocycles. The topological polar surface area (TPSA) is 35.5 Å². The van der Waals surface area contributed by atoms with Gasteiger partial charge in [-0.1, -0.05) is 33.3 Å². The summed E-state index contributed by atoms with van der Waals surface area (Å²) < 4.78 is 11.4. The van der Waals surface area contributed by atoms with Gasteiger partial charge in [-0.05, 0) is 37.7 Å². The number of carbonyl (C=O) groups is 1. The number of rotatable bonds is 6. The van der Waals surface area contributed by atoms with Gasteiger partial charge in [-0.25, -0.2) is 0 Å². The van der Waals surface area contributed by atoms with Crippen LogP contribution in [0.5, 0.6) is 0 Å². The first-order valence-electron chi connectivity index (χ1n) is 7.63. The molecule has 0 aliphatic carbocycles.